The van der Waals surface area contributed by atoms with E-state index in [2.05, 4.69) is 15.9 Å². The molecule has 0 radical (unpaired) electrons. The third-order valence-corrected chi connectivity index (χ3v) is 3.46. The second kappa shape index (κ2) is 4.77. The Balaban J connectivity index is 1.81. The van der Waals surface area contributed by atoms with Crippen molar-refractivity contribution in [3.05, 3.63) is 0 Å². The van der Waals surface area contributed by atoms with Gasteiger partial charge >= 0.3 is 0 Å². The number of piperidine rings is 1. The summed E-state index contributed by atoms with van der Waals surface area (Å²) in [5.74, 6) is 0. The predicted molar refractivity (Wildman–Crippen MR) is 55.9 cm³/mol. The zero-order chi connectivity index (χ0) is 9.80. The van der Waals surface area contributed by atoms with E-state index in [4.69, 9.17) is 5.26 Å². The number of hydrogen-bond acceptors (Lipinski definition) is 3. The molecule has 2 fully saturated rings. The second-order valence-electron chi connectivity index (χ2n) is 4.39. The van der Waals surface area contributed by atoms with Crippen molar-refractivity contribution < 1.29 is 0 Å². The van der Waals surface area contributed by atoms with Crippen LogP contribution in [-0.2, 0) is 0 Å². The van der Waals surface area contributed by atoms with E-state index >= 15 is 0 Å². The van der Waals surface area contributed by atoms with E-state index < -0.39 is 0 Å². The molecule has 0 aromatic carbocycles. The summed E-state index contributed by atoms with van der Waals surface area (Å²) < 4.78 is 0. The second-order valence-corrected chi connectivity index (χ2v) is 4.39. The number of piperazine rings is 1. The molecule has 0 N–H and O–H groups in total. The first kappa shape index (κ1) is 9.95. The zero-order valence-corrected chi connectivity index (χ0v) is 8.78. The Labute approximate surface area is 86.3 Å². The molecular weight excluding hydrogens is 174 g/mol. The minimum Gasteiger partial charge on any atom is -0.299 e. The highest BCUT2D eigenvalue weighted by Crippen LogP contribution is 2.20. The van der Waals surface area contributed by atoms with Gasteiger partial charge in [0.2, 0.25) is 0 Å². The smallest absolute Gasteiger partial charge is 0.0635 e. The van der Waals surface area contributed by atoms with Gasteiger partial charge in [-0.3, -0.25) is 9.80 Å². The molecule has 0 spiro atoms. The topological polar surface area (TPSA) is 30.3 Å². The van der Waals surface area contributed by atoms with Crippen LogP contribution in [0.2, 0.25) is 0 Å². The van der Waals surface area contributed by atoms with Gasteiger partial charge in [0, 0.05) is 38.6 Å². The summed E-state index contributed by atoms with van der Waals surface area (Å²) in [5.41, 5.74) is 0. The summed E-state index contributed by atoms with van der Waals surface area (Å²) in [5, 5.41) is 8.54. The van der Waals surface area contributed by atoms with Crippen molar-refractivity contribution >= 4 is 0 Å². The van der Waals surface area contributed by atoms with Crippen LogP contribution >= 0.6 is 0 Å². The molecular formula is C11H19N3. The van der Waals surface area contributed by atoms with Crippen LogP contribution in [-0.4, -0.2) is 48.6 Å². The predicted octanol–water partition coefficient (Wildman–Crippen LogP) is 1.07. The molecule has 2 rings (SSSR count). The summed E-state index contributed by atoms with van der Waals surface area (Å²) in [6.45, 7) is 5.85. The van der Waals surface area contributed by atoms with Gasteiger partial charge in [-0.25, -0.2) is 0 Å². The number of hydrogen-bond donors (Lipinski definition) is 0. The molecule has 3 heteroatoms. The summed E-state index contributed by atoms with van der Waals surface area (Å²) in [7, 11) is 0. The molecule has 2 saturated heterocycles. The van der Waals surface area contributed by atoms with Gasteiger partial charge in [0.05, 0.1) is 6.07 Å². The Morgan fingerprint density at radius 2 is 2.14 bits per heavy atom. The van der Waals surface area contributed by atoms with Gasteiger partial charge in [-0.05, 0) is 19.4 Å². The molecule has 0 aromatic rings. The van der Waals surface area contributed by atoms with E-state index in [0.29, 0.717) is 6.42 Å². The van der Waals surface area contributed by atoms with E-state index in [-0.39, 0.29) is 0 Å². The van der Waals surface area contributed by atoms with Gasteiger partial charge in [-0.1, -0.05) is 6.42 Å². The van der Waals surface area contributed by atoms with E-state index in [9.17, 15) is 0 Å². The highest BCUT2D eigenvalue weighted by molar-refractivity contribution is 4.86. The van der Waals surface area contributed by atoms with Crippen LogP contribution in [0.3, 0.4) is 0 Å². The Hall–Kier alpha value is -0.590. The fourth-order valence-electron chi connectivity index (χ4n) is 2.63. The molecule has 78 valence electrons. The zero-order valence-electron chi connectivity index (χ0n) is 8.78. The molecule has 1 atom stereocenters. The van der Waals surface area contributed by atoms with Crippen molar-refractivity contribution in [2.24, 2.45) is 0 Å². The lowest BCUT2D eigenvalue weighted by molar-refractivity contribution is 0.0505. The number of fused-ring (bicyclic) bond motifs is 1. The largest absolute Gasteiger partial charge is 0.299 e. The summed E-state index contributed by atoms with van der Waals surface area (Å²) in [6.07, 6.45) is 4.83. The monoisotopic (exact) mass is 193 g/mol. The van der Waals surface area contributed by atoms with Crippen LogP contribution in [0.5, 0.6) is 0 Å². The van der Waals surface area contributed by atoms with Crippen molar-refractivity contribution in [1.82, 2.24) is 9.80 Å². The molecule has 1 unspecified atom stereocenters. The van der Waals surface area contributed by atoms with Gasteiger partial charge < -0.3 is 0 Å². The van der Waals surface area contributed by atoms with E-state index in [1.807, 2.05) is 0 Å². The average molecular weight is 193 g/mol. The van der Waals surface area contributed by atoms with Crippen molar-refractivity contribution in [3.63, 3.8) is 0 Å². The maximum absolute atomic E-state index is 8.54. The molecule has 3 nitrogen and oxygen atoms in total. The first-order chi connectivity index (χ1) is 6.90. The molecule has 0 amide bonds. The van der Waals surface area contributed by atoms with Crippen LogP contribution in [0.25, 0.3) is 0 Å². The van der Waals surface area contributed by atoms with E-state index in [1.165, 1.54) is 38.9 Å². The fraction of sp³-hybridized carbons (Fsp3) is 0.909. The third kappa shape index (κ3) is 2.26. The van der Waals surface area contributed by atoms with Crippen LogP contribution in [0.15, 0.2) is 0 Å². The average Bonchev–Trinajstić information content (AvgIpc) is 2.26. The molecule has 2 aliphatic heterocycles. The Morgan fingerprint density at radius 3 is 3.00 bits per heavy atom. The third-order valence-electron chi connectivity index (χ3n) is 3.46. The van der Waals surface area contributed by atoms with Crippen LogP contribution < -0.4 is 0 Å². The van der Waals surface area contributed by atoms with Crippen molar-refractivity contribution in [2.75, 3.05) is 32.7 Å². The van der Waals surface area contributed by atoms with Crippen molar-refractivity contribution in [3.8, 4) is 6.07 Å². The van der Waals surface area contributed by atoms with Gasteiger partial charge in [-0.15, -0.1) is 0 Å². The lowest BCUT2D eigenvalue weighted by Crippen LogP contribution is -2.54. The molecule has 0 saturated carbocycles. The number of nitriles is 1. The Bertz CT molecular complexity index is 221. The van der Waals surface area contributed by atoms with E-state index in [0.717, 1.165) is 19.1 Å². The normalized spacial score (nSPS) is 29.5. The molecule has 14 heavy (non-hydrogen) atoms. The molecule has 2 heterocycles. The lowest BCUT2D eigenvalue weighted by atomic mass is 9.99. The number of nitrogens with zero attached hydrogens (tertiary/aromatic N) is 3. The SMILES string of the molecule is N#CCCN1CCN2CCCCC2C1. The van der Waals surface area contributed by atoms with Gasteiger partial charge in [0.15, 0.2) is 0 Å². The number of rotatable bonds is 2. The quantitative estimate of drug-likeness (QED) is 0.657. The standard InChI is InChI=1S/C11H19N3/c12-5-3-6-13-8-9-14-7-2-1-4-11(14)10-13/h11H,1-4,6-10H2. The van der Waals surface area contributed by atoms with Crippen molar-refractivity contribution in [1.29, 1.82) is 5.26 Å². The van der Waals surface area contributed by atoms with Crippen LogP contribution in [0.1, 0.15) is 25.7 Å². The minimum absolute atomic E-state index is 0.687. The maximum atomic E-state index is 8.54. The van der Waals surface area contributed by atoms with Gasteiger partial charge in [0.1, 0.15) is 0 Å². The molecule has 0 aliphatic carbocycles. The van der Waals surface area contributed by atoms with Crippen LogP contribution in [0.4, 0.5) is 0 Å². The Kier molecular flexibility index (Phi) is 3.39. The fourth-order valence-corrected chi connectivity index (χ4v) is 2.63. The maximum Gasteiger partial charge on any atom is 0.0635 e. The highest BCUT2D eigenvalue weighted by atomic mass is 15.3. The van der Waals surface area contributed by atoms with Crippen molar-refractivity contribution in [2.45, 2.75) is 31.7 Å². The van der Waals surface area contributed by atoms with E-state index in [1.54, 1.807) is 0 Å². The first-order valence-electron chi connectivity index (χ1n) is 5.73. The first-order valence-corrected chi connectivity index (χ1v) is 5.73. The lowest BCUT2D eigenvalue weighted by Gasteiger charge is -2.43. The summed E-state index contributed by atoms with van der Waals surface area (Å²) >= 11 is 0. The highest BCUT2D eigenvalue weighted by Gasteiger charge is 2.28. The summed E-state index contributed by atoms with van der Waals surface area (Å²) in [6, 6.07) is 3.02. The molecule has 0 bridgehead atoms. The summed E-state index contributed by atoms with van der Waals surface area (Å²) in [4.78, 5) is 5.09. The Morgan fingerprint density at radius 1 is 1.21 bits per heavy atom. The molecule has 0 aromatic heterocycles. The minimum atomic E-state index is 0.687. The van der Waals surface area contributed by atoms with Crippen LogP contribution in [0, 0.1) is 11.3 Å². The van der Waals surface area contributed by atoms with Gasteiger partial charge in [0.25, 0.3) is 0 Å². The molecule has 2 aliphatic rings. The van der Waals surface area contributed by atoms with Gasteiger partial charge in [-0.2, -0.15) is 5.26 Å².